The molecule has 0 aliphatic heterocycles. The number of nitrogens with two attached hydrogens (primary N) is 1. The highest BCUT2D eigenvalue weighted by molar-refractivity contribution is 9.10. The zero-order valence-corrected chi connectivity index (χ0v) is 13.1. The van der Waals surface area contributed by atoms with Gasteiger partial charge in [0.1, 0.15) is 0 Å². The molecule has 0 unspecified atom stereocenters. The predicted molar refractivity (Wildman–Crippen MR) is 81.2 cm³/mol. The summed E-state index contributed by atoms with van der Waals surface area (Å²) in [6.45, 7) is 0. The van der Waals surface area contributed by atoms with E-state index in [0.717, 1.165) is 22.2 Å². The fourth-order valence-electron chi connectivity index (χ4n) is 1.64. The molecule has 102 valence electrons. The van der Waals surface area contributed by atoms with Crippen LogP contribution in [0.3, 0.4) is 0 Å². The van der Waals surface area contributed by atoms with Crippen LogP contribution in [-0.4, -0.2) is 22.1 Å². The minimum absolute atomic E-state index is 0.168. The molecule has 1 aromatic heterocycles. The number of hydrogen-bond donors (Lipinski definition) is 1. The summed E-state index contributed by atoms with van der Waals surface area (Å²) in [5.41, 5.74) is 7.14. The Balaban J connectivity index is 1.98. The standard InChI is InChI=1S/C13H16BrN3OS/c1-19-7-6-11(15)13-16-12(17-18-13)8-9-2-4-10(14)5-3-9/h2-5,11H,6-8,15H2,1H3/t11-/m1/s1. The first kappa shape index (κ1) is 14.6. The van der Waals surface area contributed by atoms with Crippen molar-refractivity contribution in [2.45, 2.75) is 18.9 Å². The summed E-state index contributed by atoms with van der Waals surface area (Å²) in [7, 11) is 0. The lowest BCUT2D eigenvalue weighted by Gasteiger charge is -2.03. The second-order valence-corrected chi connectivity index (χ2v) is 6.14. The van der Waals surface area contributed by atoms with E-state index in [9.17, 15) is 0 Å². The third kappa shape index (κ3) is 4.33. The maximum atomic E-state index is 5.99. The van der Waals surface area contributed by atoms with Crippen LogP contribution in [0.5, 0.6) is 0 Å². The number of aromatic nitrogens is 2. The van der Waals surface area contributed by atoms with Gasteiger partial charge in [-0.2, -0.15) is 16.7 Å². The van der Waals surface area contributed by atoms with E-state index in [1.165, 1.54) is 0 Å². The van der Waals surface area contributed by atoms with Gasteiger partial charge in [0.25, 0.3) is 0 Å². The average molecular weight is 342 g/mol. The van der Waals surface area contributed by atoms with E-state index in [1.807, 2.05) is 24.3 Å². The number of halogens is 1. The van der Waals surface area contributed by atoms with Crippen LogP contribution in [-0.2, 0) is 6.42 Å². The Morgan fingerprint density at radius 2 is 2.11 bits per heavy atom. The van der Waals surface area contributed by atoms with Gasteiger partial charge >= 0.3 is 0 Å². The Morgan fingerprint density at radius 3 is 2.79 bits per heavy atom. The molecule has 2 rings (SSSR count). The van der Waals surface area contributed by atoms with Crippen LogP contribution in [0.25, 0.3) is 0 Å². The molecule has 2 N–H and O–H groups in total. The van der Waals surface area contributed by atoms with E-state index in [-0.39, 0.29) is 6.04 Å². The second kappa shape index (κ2) is 7.07. The van der Waals surface area contributed by atoms with E-state index >= 15 is 0 Å². The number of thioether (sulfide) groups is 1. The highest BCUT2D eigenvalue weighted by Crippen LogP contribution is 2.16. The second-order valence-electron chi connectivity index (χ2n) is 4.24. The molecular weight excluding hydrogens is 326 g/mol. The van der Waals surface area contributed by atoms with Crippen molar-refractivity contribution in [3.63, 3.8) is 0 Å². The summed E-state index contributed by atoms with van der Waals surface area (Å²) in [5, 5.41) is 3.98. The van der Waals surface area contributed by atoms with Crippen molar-refractivity contribution >= 4 is 27.7 Å². The van der Waals surface area contributed by atoms with Crippen LogP contribution >= 0.6 is 27.7 Å². The van der Waals surface area contributed by atoms with Gasteiger partial charge in [-0.15, -0.1) is 0 Å². The van der Waals surface area contributed by atoms with Crippen molar-refractivity contribution in [2.24, 2.45) is 5.73 Å². The fraction of sp³-hybridized carbons (Fsp3) is 0.385. The van der Waals surface area contributed by atoms with Gasteiger partial charge in [-0.3, -0.25) is 0 Å². The molecule has 1 heterocycles. The first-order valence-electron chi connectivity index (χ1n) is 6.00. The molecule has 0 aliphatic rings. The first-order chi connectivity index (χ1) is 9.19. The molecule has 0 amide bonds. The van der Waals surface area contributed by atoms with Crippen molar-refractivity contribution in [1.29, 1.82) is 0 Å². The average Bonchev–Trinajstić information content (AvgIpc) is 2.87. The molecular formula is C13H16BrN3OS. The third-order valence-corrected chi connectivity index (χ3v) is 3.88. The Hall–Kier alpha value is -0.850. The summed E-state index contributed by atoms with van der Waals surface area (Å²) < 4.78 is 6.27. The van der Waals surface area contributed by atoms with E-state index in [0.29, 0.717) is 18.1 Å². The molecule has 19 heavy (non-hydrogen) atoms. The lowest BCUT2D eigenvalue weighted by Crippen LogP contribution is -2.11. The smallest absolute Gasteiger partial charge is 0.243 e. The SMILES string of the molecule is CSCC[C@@H](N)c1nc(Cc2ccc(Br)cc2)no1. The zero-order chi connectivity index (χ0) is 13.7. The van der Waals surface area contributed by atoms with Gasteiger partial charge < -0.3 is 10.3 Å². The van der Waals surface area contributed by atoms with Crippen LogP contribution in [0, 0.1) is 0 Å². The summed E-state index contributed by atoms with van der Waals surface area (Å²) >= 11 is 5.17. The fourth-order valence-corrected chi connectivity index (χ4v) is 2.40. The molecule has 0 radical (unpaired) electrons. The van der Waals surface area contributed by atoms with Gasteiger partial charge in [0.2, 0.25) is 5.89 Å². The van der Waals surface area contributed by atoms with E-state index in [2.05, 4.69) is 32.3 Å². The van der Waals surface area contributed by atoms with Crippen LogP contribution < -0.4 is 5.73 Å². The van der Waals surface area contributed by atoms with Gasteiger partial charge in [-0.25, -0.2) is 0 Å². The highest BCUT2D eigenvalue weighted by Gasteiger charge is 2.14. The molecule has 0 aliphatic carbocycles. The Morgan fingerprint density at radius 1 is 1.37 bits per heavy atom. The molecule has 0 bridgehead atoms. The van der Waals surface area contributed by atoms with Crippen LogP contribution in [0.2, 0.25) is 0 Å². The van der Waals surface area contributed by atoms with E-state index in [1.54, 1.807) is 11.8 Å². The summed E-state index contributed by atoms with van der Waals surface area (Å²) in [6.07, 6.45) is 3.56. The summed E-state index contributed by atoms with van der Waals surface area (Å²) in [4.78, 5) is 4.36. The monoisotopic (exact) mass is 341 g/mol. The number of benzene rings is 1. The van der Waals surface area contributed by atoms with Gasteiger partial charge in [0.05, 0.1) is 6.04 Å². The Labute approximate surface area is 125 Å². The predicted octanol–water partition coefficient (Wildman–Crippen LogP) is 3.18. The lowest BCUT2D eigenvalue weighted by atomic mass is 10.1. The van der Waals surface area contributed by atoms with Gasteiger partial charge in [0.15, 0.2) is 5.82 Å². The highest BCUT2D eigenvalue weighted by atomic mass is 79.9. The van der Waals surface area contributed by atoms with E-state index in [4.69, 9.17) is 10.3 Å². The Bertz CT molecular complexity index is 515. The maximum absolute atomic E-state index is 5.99. The van der Waals surface area contributed by atoms with Crippen molar-refractivity contribution < 1.29 is 4.52 Å². The largest absolute Gasteiger partial charge is 0.338 e. The van der Waals surface area contributed by atoms with Gasteiger partial charge in [0, 0.05) is 10.9 Å². The number of hydrogen-bond acceptors (Lipinski definition) is 5. The molecule has 1 atom stereocenters. The van der Waals surface area contributed by atoms with Crippen LogP contribution in [0.4, 0.5) is 0 Å². The molecule has 0 saturated heterocycles. The third-order valence-electron chi connectivity index (χ3n) is 2.71. The minimum Gasteiger partial charge on any atom is -0.338 e. The Kier molecular flexibility index (Phi) is 5.42. The molecule has 0 fully saturated rings. The molecule has 0 spiro atoms. The maximum Gasteiger partial charge on any atom is 0.243 e. The quantitative estimate of drug-likeness (QED) is 0.873. The van der Waals surface area contributed by atoms with Crippen molar-refractivity contribution in [1.82, 2.24) is 10.1 Å². The minimum atomic E-state index is -0.168. The van der Waals surface area contributed by atoms with Gasteiger partial charge in [-0.1, -0.05) is 33.2 Å². The molecule has 1 aromatic carbocycles. The zero-order valence-electron chi connectivity index (χ0n) is 10.7. The molecule has 0 saturated carbocycles. The summed E-state index contributed by atoms with van der Waals surface area (Å²) in [6, 6.07) is 7.90. The normalized spacial score (nSPS) is 12.6. The van der Waals surface area contributed by atoms with E-state index < -0.39 is 0 Å². The number of nitrogens with zero attached hydrogens (tertiary/aromatic N) is 2. The summed E-state index contributed by atoms with van der Waals surface area (Å²) in [5.74, 6) is 2.20. The van der Waals surface area contributed by atoms with Crippen LogP contribution in [0.1, 0.15) is 29.7 Å². The van der Waals surface area contributed by atoms with Crippen molar-refractivity contribution in [2.75, 3.05) is 12.0 Å². The molecule has 6 heteroatoms. The topological polar surface area (TPSA) is 64.9 Å². The first-order valence-corrected chi connectivity index (χ1v) is 8.19. The van der Waals surface area contributed by atoms with Crippen molar-refractivity contribution in [3.05, 3.63) is 46.0 Å². The van der Waals surface area contributed by atoms with Crippen LogP contribution in [0.15, 0.2) is 33.3 Å². The van der Waals surface area contributed by atoms with Crippen molar-refractivity contribution in [3.8, 4) is 0 Å². The number of rotatable bonds is 6. The van der Waals surface area contributed by atoms with Gasteiger partial charge in [-0.05, 0) is 36.1 Å². The molecule has 2 aromatic rings. The lowest BCUT2D eigenvalue weighted by molar-refractivity contribution is 0.349. The molecule has 4 nitrogen and oxygen atoms in total.